The molecule has 2 heterocycles. The standard InChI is InChI=1S/C24H19BrClN3O4/c1-13-10-15(14(2)28(13)20-12-17(26)6-9-21(20)33-3)11-19-22(30)27-24(32)29(23(19)31)18-7-4-16(25)5-8-18/h4-12H,1-3H3,(H,27,30,32)/b19-11+. The summed E-state index contributed by atoms with van der Waals surface area (Å²) in [5, 5.41) is 2.79. The topological polar surface area (TPSA) is 80.6 Å². The minimum Gasteiger partial charge on any atom is -0.495 e. The summed E-state index contributed by atoms with van der Waals surface area (Å²) in [7, 11) is 1.57. The number of halogens is 2. The van der Waals surface area contributed by atoms with Crippen LogP contribution in [0.25, 0.3) is 11.8 Å². The number of carbonyl (C=O) groups is 3. The number of amides is 4. The normalized spacial score (nSPS) is 15.2. The molecule has 33 heavy (non-hydrogen) atoms. The molecule has 9 heteroatoms. The van der Waals surface area contributed by atoms with Gasteiger partial charge in [-0.15, -0.1) is 0 Å². The second-order valence-electron chi connectivity index (χ2n) is 7.41. The molecule has 4 amide bonds. The van der Waals surface area contributed by atoms with Crippen molar-refractivity contribution in [3.05, 3.63) is 80.6 Å². The molecule has 1 aliphatic heterocycles. The van der Waals surface area contributed by atoms with Crippen LogP contribution in [0.1, 0.15) is 17.0 Å². The second kappa shape index (κ2) is 8.88. The molecule has 0 atom stereocenters. The highest BCUT2D eigenvalue weighted by Crippen LogP contribution is 2.32. The molecule has 1 aromatic heterocycles. The molecule has 0 bridgehead atoms. The Bertz CT molecular complexity index is 1330. The van der Waals surface area contributed by atoms with Gasteiger partial charge in [-0.1, -0.05) is 27.5 Å². The summed E-state index contributed by atoms with van der Waals surface area (Å²) >= 11 is 9.54. The molecule has 0 saturated carbocycles. The number of imide groups is 2. The number of urea groups is 1. The van der Waals surface area contributed by atoms with Crippen LogP contribution in [0.5, 0.6) is 5.75 Å². The Hall–Kier alpha value is -3.36. The van der Waals surface area contributed by atoms with Gasteiger partial charge in [0, 0.05) is 20.9 Å². The largest absolute Gasteiger partial charge is 0.495 e. The highest BCUT2D eigenvalue weighted by molar-refractivity contribution is 9.10. The van der Waals surface area contributed by atoms with Crippen LogP contribution in [0, 0.1) is 13.8 Å². The van der Waals surface area contributed by atoms with Crippen molar-refractivity contribution in [2.45, 2.75) is 13.8 Å². The van der Waals surface area contributed by atoms with Crippen molar-refractivity contribution in [1.29, 1.82) is 0 Å². The van der Waals surface area contributed by atoms with Crippen molar-refractivity contribution in [1.82, 2.24) is 9.88 Å². The fraction of sp³-hybridized carbons (Fsp3) is 0.125. The van der Waals surface area contributed by atoms with Crippen LogP contribution in [0.4, 0.5) is 10.5 Å². The Morgan fingerprint density at radius 2 is 1.73 bits per heavy atom. The van der Waals surface area contributed by atoms with Gasteiger partial charge in [0.25, 0.3) is 11.8 Å². The van der Waals surface area contributed by atoms with E-state index in [2.05, 4.69) is 21.2 Å². The number of hydrogen-bond donors (Lipinski definition) is 1. The number of aryl methyl sites for hydroxylation is 1. The molecule has 7 nitrogen and oxygen atoms in total. The number of benzene rings is 2. The molecule has 1 aliphatic rings. The van der Waals surface area contributed by atoms with Crippen molar-refractivity contribution in [2.75, 3.05) is 12.0 Å². The molecule has 0 spiro atoms. The van der Waals surface area contributed by atoms with Crippen LogP contribution in [0.3, 0.4) is 0 Å². The van der Waals surface area contributed by atoms with Gasteiger partial charge in [0.15, 0.2) is 0 Å². The lowest BCUT2D eigenvalue weighted by Crippen LogP contribution is -2.54. The van der Waals surface area contributed by atoms with Gasteiger partial charge in [0.1, 0.15) is 11.3 Å². The highest BCUT2D eigenvalue weighted by atomic mass is 79.9. The number of aromatic nitrogens is 1. The zero-order valence-electron chi connectivity index (χ0n) is 18.0. The predicted octanol–water partition coefficient (Wildman–Crippen LogP) is 5.19. The lowest BCUT2D eigenvalue weighted by molar-refractivity contribution is -0.122. The molecule has 3 aromatic rings. The molecular formula is C24H19BrClN3O4. The summed E-state index contributed by atoms with van der Waals surface area (Å²) in [6.07, 6.45) is 1.49. The van der Waals surface area contributed by atoms with Gasteiger partial charge < -0.3 is 9.30 Å². The number of nitrogens with one attached hydrogen (secondary N) is 1. The molecule has 1 saturated heterocycles. The van der Waals surface area contributed by atoms with E-state index < -0.39 is 17.8 Å². The molecule has 4 rings (SSSR count). The molecular weight excluding hydrogens is 510 g/mol. The van der Waals surface area contributed by atoms with Gasteiger partial charge in [-0.05, 0) is 74.0 Å². The van der Waals surface area contributed by atoms with E-state index in [0.717, 1.165) is 26.4 Å². The Balaban J connectivity index is 1.79. The van der Waals surface area contributed by atoms with Gasteiger partial charge in [-0.2, -0.15) is 0 Å². The first kappa shape index (κ1) is 22.8. The van der Waals surface area contributed by atoms with Gasteiger partial charge in [0.05, 0.1) is 18.5 Å². The highest BCUT2D eigenvalue weighted by Gasteiger charge is 2.37. The Morgan fingerprint density at radius 3 is 2.39 bits per heavy atom. The Morgan fingerprint density at radius 1 is 1.03 bits per heavy atom. The van der Waals surface area contributed by atoms with Crippen LogP contribution in [0.2, 0.25) is 5.02 Å². The third kappa shape index (κ3) is 4.19. The minimum absolute atomic E-state index is 0.143. The summed E-state index contributed by atoms with van der Waals surface area (Å²) in [5.41, 5.74) is 3.22. The van der Waals surface area contributed by atoms with Crippen molar-refractivity contribution < 1.29 is 19.1 Å². The lowest BCUT2D eigenvalue weighted by Gasteiger charge is -2.26. The summed E-state index contributed by atoms with van der Waals surface area (Å²) in [5.74, 6) is -0.821. The van der Waals surface area contributed by atoms with Crippen molar-refractivity contribution in [2.24, 2.45) is 0 Å². The Labute approximate surface area is 203 Å². The Kier molecular flexibility index (Phi) is 6.14. The maximum absolute atomic E-state index is 13.2. The fourth-order valence-electron chi connectivity index (χ4n) is 3.78. The molecule has 168 valence electrons. The third-order valence-electron chi connectivity index (χ3n) is 5.34. The first-order valence-corrected chi connectivity index (χ1v) is 11.1. The van der Waals surface area contributed by atoms with E-state index in [1.165, 1.54) is 6.08 Å². The van der Waals surface area contributed by atoms with Gasteiger partial charge >= 0.3 is 6.03 Å². The third-order valence-corrected chi connectivity index (χ3v) is 6.10. The average Bonchev–Trinajstić information content (AvgIpc) is 3.05. The van der Waals surface area contributed by atoms with E-state index in [1.54, 1.807) is 49.6 Å². The lowest BCUT2D eigenvalue weighted by atomic mass is 10.1. The summed E-state index contributed by atoms with van der Waals surface area (Å²) in [6.45, 7) is 3.76. The van der Waals surface area contributed by atoms with E-state index in [1.807, 2.05) is 24.5 Å². The maximum atomic E-state index is 13.2. The monoisotopic (exact) mass is 527 g/mol. The summed E-state index contributed by atoms with van der Waals surface area (Å²) in [6, 6.07) is 13.0. The smallest absolute Gasteiger partial charge is 0.335 e. The van der Waals surface area contributed by atoms with Crippen LogP contribution in [-0.2, 0) is 9.59 Å². The zero-order valence-corrected chi connectivity index (χ0v) is 20.3. The van der Waals surface area contributed by atoms with Gasteiger partial charge in [-0.3, -0.25) is 14.9 Å². The van der Waals surface area contributed by atoms with Crippen LogP contribution in [0.15, 0.2) is 58.6 Å². The van der Waals surface area contributed by atoms with Crippen molar-refractivity contribution in [3.63, 3.8) is 0 Å². The van der Waals surface area contributed by atoms with Crippen LogP contribution >= 0.6 is 27.5 Å². The van der Waals surface area contributed by atoms with E-state index in [0.29, 0.717) is 22.0 Å². The number of barbiturate groups is 1. The number of nitrogens with zero attached hydrogens (tertiary/aromatic N) is 2. The molecule has 1 fully saturated rings. The number of ether oxygens (including phenoxy) is 1. The maximum Gasteiger partial charge on any atom is 0.335 e. The number of rotatable bonds is 4. The zero-order chi connectivity index (χ0) is 23.9. The molecule has 0 unspecified atom stereocenters. The number of carbonyl (C=O) groups excluding carboxylic acids is 3. The van der Waals surface area contributed by atoms with E-state index in [9.17, 15) is 14.4 Å². The first-order chi connectivity index (χ1) is 15.7. The molecule has 0 radical (unpaired) electrons. The van der Waals surface area contributed by atoms with Crippen LogP contribution in [-0.4, -0.2) is 29.5 Å². The number of hydrogen-bond acceptors (Lipinski definition) is 4. The number of methoxy groups -OCH3 is 1. The summed E-state index contributed by atoms with van der Waals surface area (Å²) < 4.78 is 8.21. The second-order valence-corrected chi connectivity index (χ2v) is 8.76. The van der Waals surface area contributed by atoms with E-state index >= 15 is 0 Å². The number of anilines is 1. The van der Waals surface area contributed by atoms with Gasteiger partial charge in [0.2, 0.25) is 0 Å². The van der Waals surface area contributed by atoms with Crippen molar-refractivity contribution >= 4 is 57.1 Å². The van der Waals surface area contributed by atoms with E-state index in [-0.39, 0.29) is 5.57 Å². The average molecular weight is 529 g/mol. The minimum atomic E-state index is -0.793. The predicted molar refractivity (Wildman–Crippen MR) is 130 cm³/mol. The quantitative estimate of drug-likeness (QED) is 0.374. The summed E-state index contributed by atoms with van der Waals surface area (Å²) in [4.78, 5) is 39.1. The molecule has 0 aliphatic carbocycles. The first-order valence-electron chi connectivity index (χ1n) is 9.91. The fourth-order valence-corrected chi connectivity index (χ4v) is 4.21. The SMILES string of the molecule is COc1ccc(Cl)cc1-n1c(C)cc(/C=C2\C(=O)NC(=O)N(c3ccc(Br)cc3)C2=O)c1C. The van der Waals surface area contributed by atoms with Crippen molar-refractivity contribution in [3.8, 4) is 11.4 Å². The van der Waals surface area contributed by atoms with Crippen LogP contribution < -0.4 is 15.0 Å². The van der Waals surface area contributed by atoms with E-state index in [4.69, 9.17) is 16.3 Å². The van der Waals surface area contributed by atoms with Gasteiger partial charge in [-0.25, -0.2) is 9.69 Å². The molecule has 1 N–H and O–H groups in total. The molecule has 2 aromatic carbocycles.